The third-order valence-corrected chi connectivity index (χ3v) is 6.80. The lowest BCUT2D eigenvalue weighted by Gasteiger charge is -2.14. The van der Waals surface area contributed by atoms with Gasteiger partial charge >= 0.3 is 10.1 Å². The van der Waals surface area contributed by atoms with Crippen LogP contribution in [0.25, 0.3) is 0 Å². The number of rotatable bonds is 8. The second kappa shape index (κ2) is 11.1. The normalized spacial score (nSPS) is 11.4. The van der Waals surface area contributed by atoms with Crippen molar-refractivity contribution in [3.05, 3.63) is 85.4 Å². The van der Waals surface area contributed by atoms with Crippen LogP contribution in [-0.2, 0) is 10.1 Å². The van der Waals surface area contributed by atoms with Gasteiger partial charge in [0.15, 0.2) is 11.5 Å². The van der Waals surface area contributed by atoms with Crippen molar-refractivity contribution in [2.75, 3.05) is 6.61 Å². The first-order valence-electron chi connectivity index (χ1n) is 9.76. The van der Waals surface area contributed by atoms with E-state index in [1.165, 1.54) is 18.3 Å². The number of hydrazone groups is 1. The lowest BCUT2D eigenvalue weighted by atomic mass is 10.2. The molecule has 172 valence electrons. The number of hydrogen-bond acceptors (Lipinski definition) is 6. The van der Waals surface area contributed by atoms with E-state index in [0.717, 1.165) is 9.13 Å². The fraction of sp³-hybridized carbons (Fsp3) is 0.130. The number of nitrogens with zero attached hydrogens (tertiary/aromatic N) is 1. The largest absolute Gasteiger partial charge is 0.490 e. The van der Waals surface area contributed by atoms with Crippen LogP contribution in [0.2, 0.25) is 0 Å². The van der Waals surface area contributed by atoms with E-state index in [4.69, 9.17) is 8.92 Å². The molecule has 0 saturated heterocycles. The molecule has 7 nitrogen and oxygen atoms in total. The first-order chi connectivity index (χ1) is 15.7. The first kappa shape index (κ1) is 25.2. The molecular weight excluding hydrogens is 623 g/mol. The summed E-state index contributed by atoms with van der Waals surface area (Å²) in [5.41, 5.74) is 4.45. The summed E-state index contributed by atoms with van der Waals surface area (Å²) < 4.78 is 37.8. The molecule has 10 heteroatoms. The Balaban J connectivity index is 1.82. The maximum absolute atomic E-state index is 12.7. The van der Waals surface area contributed by atoms with Gasteiger partial charge in [0.2, 0.25) is 0 Å². The third-order valence-electron chi connectivity index (χ3n) is 4.30. The first-order valence-corrected chi connectivity index (χ1v) is 13.0. The van der Waals surface area contributed by atoms with Gasteiger partial charge in [0.1, 0.15) is 4.90 Å². The molecule has 3 rings (SSSR count). The van der Waals surface area contributed by atoms with Gasteiger partial charge in [-0.05, 0) is 100 Å². The summed E-state index contributed by atoms with van der Waals surface area (Å²) in [6.45, 7) is 3.93. The fourth-order valence-corrected chi connectivity index (χ4v) is 4.88. The van der Waals surface area contributed by atoms with Crippen LogP contribution in [-0.4, -0.2) is 27.1 Å². The average molecular weight is 643 g/mol. The maximum atomic E-state index is 12.7. The Labute approximate surface area is 214 Å². The van der Waals surface area contributed by atoms with Crippen molar-refractivity contribution in [3.63, 3.8) is 0 Å². The van der Waals surface area contributed by atoms with Crippen molar-refractivity contribution in [2.24, 2.45) is 5.10 Å². The summed E-state index contributed by atoms with van der Waals surface area (Å²) in [6, 6.07) is 16.7. The van der Waals surface area contributed by atoms with Gasteiger partial charge in [-0.3, -0.25) is 4.79 Å². The van der Waals surface area contributed by atoms with Crippen LogP contribution in [0.4, 0.5) is 0 Å². The molecule has 0 spiro atoms. The van der Waals surface area contributed by atoms with Crippen LogP contribution in [0.15, 0.2) is 75.1 Å². The molecule has 0 unspecified atom stereocenters. The highest BCUT2D eigenvalue weighted by Gasteiger charge is 2.22. The van der Waals surface area contributed by atoms with Crippen LogP contribution >= 0.6 is 38.5 Å². The zero-order valence-electron chi connectivity index (χ0n) is 17.7. The van der Waals surface area contributed by atoms with Gasteiger partial charge in [-0.2, -0.15) is 13.5 Å². The van der Waals surface area contributed by atoms with Gasteiger partial charge in [0, 0.05) is 9.13 Å². The molecule has 0 fully saturated rings. The van der Waals surface area contributed by atoms with Crippen molar-refractivity contribution in [3.8, 4) is 11.5 Å². The standard InChI is InChI=1S/C23H20BrIN2O5S/c1-3-31-21-12-16(14-26-27-23(28)17-5-4-6-18(25)13-17)11-20(24)22(21)32-33(29,30)19-9-7-15(2)8-10-19/h4-14H,3H2,1-2H3,(H,27,28)/b26-14-. The van der Waals surface area contributed by atoms with E-state index >= 15 is 0 Å². The van der Waals surface area contributed by atoms with Crippen molar-refractivity contribution in [1.82, 2.24) is 5.43 Å². The van der Waals surface area contributed by atoms with E-state index < -0.39 is 10.1 Å². The van der Waals surface area contributed by atoms with E-state index in [1.807, 2.05) is 13.0 Å². The highest BCUT2D eigenvalue weighted by molar-refractivity contribution is 14.1. The molecule has 0 aromatic heterocycles. The van der Waals surface area contributed by atoms with Crippen LogP contribution in [0.3, 0.4) is 0 Å². The quantitative estimate of drug-likeness (QED) is 0.156. The zero-order chi connectivity index (χ0) is 24.0. The van der Waals surface area contributed by atoms with Crippen molar-refractivity contribution < 1.29 is 22.1 Å². The predicted octanol–water partition coefficient (Wildman–Crippen LogP) is 5.29. The van der Waals surface area contributed by atoms with E-state index in [1.54, 1.807) is 49.4 Å². The van der Waals surface area contributed by atoms with E-state index in [-0.39, 0.29) is 28.9 Å². The van der Waals surface area contributed by atoms with Crippen molar-refractivity contribution >= 4 is 60.8 Å². The van der Waals surface area contributed by atoms with Crippen molar-refractivity contribution in [1.29, 1.82) is 0 Å². The molecule has 33 heavy (non-hydrogen) atoms. The smallest absolute Gasteiger partial charge is 0.339 e. The monoisotopic (exact) mass is 642 g/mol. The predicted molar refractivity (Wildman–Crippen MR) is 139 cm³/mol. The summed E-state index contributed by atoms with van der Waals surface area (Å²) in [6.07, 6.45) is 1.43. The number of nitrogens with one attached hydrogen (secondary N) is 1. The number of amides is 1. The fourth-order valence-electron chi connectivity index (χ4n) is 2.73. The minimum atomic E-state index is -4.07. The Morgan fingerprint density at radius 2 is 1.88 bits per heavy atom. The third kappa shape index (κ3) is 6.78. The van der Waals surface area contributed by atoms with Gasteiger partial charge in [-0.25, -0.2) is 5.43 Å². The van der Waals surface area contributed by atoms with E-state index in [9.17, 15) is 13.2 Å². The molecule has 0 aliphatic carbocycles. The average Bonchev–Trinajstić information content (AvgIpc) is 2.76. The number of carbonyl (C=O) groups is 1. The molecular formula is C23H20BrIN2O5S. The Kier molecular flexibility index (Phi) is 8.49. The van der Waals surface area contributed by atoms with Crippen molar-refractivity contribution in [2.45, 2.75) is 18.7 Å². The molecule has 0 saturated carbocycles. The lowest BCUT2D eigenvalue weighted by molar-refractivity contribution is 0.0955. The van der Waals surface area contributed by atoms with E-state index in [2.05, 4.69) is 49.0 Å². The molecule has 0 heterocycles. The van der Waals surface area contributed by atoms with Crippen LogP contribution in [0.1, 0.15) is 28.4 Å². The Morgan fingerprint density at radius 3 is 2.55 bits per heavy atom. The summed E-state index contributed by atoms with van der Waals surface area (Å²) in [5.74, 6) is -0.108. The van der Waals surface area contributed by atoms with Gasteiger partial charge in [0.05, 0.1) is 17.3 Å². The topological polar surface area (TPSA) is 94.1 Å². The van der Waals surface area contributed by atoms with E-state index in [0.29, 0.717) is 15.6 Å². The molecule has 0 bridgehead atoms. The zero-order valence-corrected chi connectivity index (χ0v) is 22.3. The maximum Gasteiger partial charge on any atom is 0.339 e. The molecule has 1 amide bonds. The number of benzene rings is 3. The molecule has 3 aromatic carbocycles. The number of ether oxygens (including phenoxy) is 1. The Hall–Kier alpha value is -2.44. The van der Waals surface area contributed by atoms with Gasteiger partial charge in [0.25, 0.3) is 5.91 Å². The van der Waals surface area contributed by atoms with Gasteiger partial charge in [-0.1, -0.05) is 23.8 Å². The Bertz CT molecular complexity index is 1290. The highest BCUT2D eigenvalue weighted by Crippen LogP contribution is 2.38. The highest BCUT2D eigenvalue weighted by atomic mass is 127. The summed E-state index contributed by atoms with van der Waals surface area (Å²) >= 11 is 5.48. The number of aryl methyl sites for hydroxylation is 1. The summed E-state index contributed by atoms with van der Waals surface area (Å²) in [5, 5.41) is 3.99. The lowest BCUT2D eigenvalue weighted by Crippen LogP contribution is -2.17. The summed E-state index contributed by atoms with van der Waals surface area (Å²) in [7, 11) is -4.07. The van der Waals surface area contributed by atoms with Gasteiger partial charge in [-0.15, -0.1) is 0 Å². The molecule has 3 aromatic rings. The molecule has 0 radical (unpaired) electrons. The molecule has 0 atom stereocenters. The number of halogens is 2. The van der Waals surface area contributed by atoms with Gasteiger partial charge < -0.3 is 8.92 Å². The van der Waals surface area contributed by atoms with Crippen LogP contribution in [0.5, 0.6) is 11.5 Å². The summed E-state index contributed by atoms with van der Waals surface area (Å²) in [4.78, 5) is 12.3. The SMILES string of the molecule is CCOc1cc(/C=N\NC(=O)c2cccc(I)c2)cc(Br)c1OS(=O)(=O)c1ccc(C)cc1. The minimum Gasteiger partial charge on any atom is -0.490 e. The Morgan fingerprint density at radius 1 is 1.15 bits per heavy atom. The number of hydrogen-bond donors (Lipinski definition) is 1. The van der Waals surface area contributed by atoms with Crippen LogP contribution < -0.4 is 14.3 Å². The van der Waals surface area contributed by atoms with Crippen LogP contribution in [0, 0.1) is 10.5 Å². The minimum absolute atomic E-state index is 0.0254. The molecule has 0 aliphatic rings. The second-order valence-corrected chi connectivity index (χ2v) is 10.5. The number of carbonyl (C=O) groups excluding carboxylic acids is 1. The molecule has 0 aliphatic heterocycles. The molecule has 1 N–H and O–H groups in total. The second-order valence-electron chi connectivity index (χ2n) is 6.82.